The molecule has 1 aliphatic rings. The van der Waals surface area contributed by atoms with Crippen molar-refractivity contribution in [3.63, 3.8) is 0 Å². The zero-order valence-corrected chi connectivity index (χ0v) is 13.0. The second-order valence-corrected chi connectivity index (χ2v) is 5.47. The van der Waals surface area contributed by atoms with E-state index in [1.165, 1.54) is 12.4 Å². The van der Waals surface area contributed by atoms with Crippen molar-refractivity contribution in [2.24, 2.45) is 5.73 Å². The number of nitrogens with two attached hydrogens (primary N) is 1. The maximum atomic E-state index is 10.9. The first-order chi connectivity index (χ1) is 11.5. The zero-order valence-electron chi connectivity index (χ0n) is 13.0. The molecule has 0 spiro atoms. The standard InChI is InChI=1S/C15H16BN3O5/c1-8-2-10(23-13-7-18-9(5-17)6-19-13)3-11-15(8)12(4-14(20)21)24-16(11)22/h2-3,6-7,12,22H,4-5,17H2,1H3,(H,20,21). The van der Waals surface area contributed by atoms with E-state index in [-0.39, 0.29) is 6.42 Å². The molecule has 2 aromatic rings. The highest BCUT2D eigenvalue weighted by atomic mass is 16.5. The number of hydrogen-bond donors (Lipinski definition) is 3. The van der Waals surface area contributed by atoms with Gasteiger partial charge in [0.15, 0.2) is 0 Å². The molecule has 2 heterocycles. The molecule has 124 valence electrons. The van der Waals surface area contributed by atoms with Crippen LogP contribution in [0.2, 0.25) is 0 Å². The van der Waals surface area contributed by atoms with Crippen LogP contribution in [0.4, 0.5) is 0 Å². The van der Waals surface area contributed by atoms with E-state index in [4.69, 9.17) is 20.2 Å². The molecular formula is C15H16BN3O5. The Hall–Kier alpha value is -2.49. The number of benzene rings is 1. The van der Waals surface area contributed by atoms with Gasteiger partial charge in [0.25, 0.3) is 0 Å². The van der Waals surface area contributed by atoms with Crippen molar-refractivity contribution in [1.82, 2.24) is 9.97 Å². The molecule has 0 aliphatic carbocycles. The van der Waals surface area contributed by atoms with E-state index in [1.807, 2.05) is 6.92 Å². The SMILES string of the molecule is Cc1cc(Oc2cnc(CN)cn2)cc2c1C(CC(=O)O)OB2O. The number of aliphatic carboxylic acids is 1. The number of nitrogens with zero attached hydrogens (tertiary/aromatic N) is 2. The van der Waals surface area contributed by atoms with Crippen molar-refractivity contribution in [3.8, 4) is 11.6 Å². The Morgan fingerprint density at radius 1 is 1.42 bits per heavy atom. The third kappa shape index (κ3) is 3.23. The number of ether oxygens (including phenoxy) is 1. The summed E-state index contributed by atoms with van der Waals surface area (Å²) >= 11 is 0. The number of aromatic nitrogens is 2. The molecule has 0 amide bonds. The van der Waals surface area contributed by atoms with Crippen LogP contribution >= 0.6 is 0 Å². The Bertz CT molecular complexity index is 768. The van der Waals surface area contributed by atoms with Crippen molar-refractivity contribution in [1.29, 1.82) is 0 Å². The normalized spacial score (nSPS) is 16.1. The lowest BCUT2D eigenvalue weighted by Crippen LogP contribution is -2.28. The zero-order chi connectivity index (χ0) is 17.3. The Morgan fingerprint density at radius 3 is 2.83 bits per heavy atom. The summed E-state index contributed by atoms with van der Waals surface area (Å²) < 4.78 is 11.0. The summed E-state index contributed by atoms with van der Waals surface area (Å²) in [5.41, 5.74) is 8.08. The van der Waals surface area contributed by atoms with Gasteiger partial charge in [-0.05, 0) is 35.6 Å². The van der Waals surface area contributed by atoms with Gasteiger partial charge in [0, 0.05) is 6.54 Å². The van der Waals surface area contributed by atoms with Gasteiger partial charge in [0.1, 0.15) is 5.75 Å². The number of fused-ring (bicyclic) bond motifs is 1. The highest BCUT2D eigenvalue weighted by Gasteiger charge is 2.37. The highest BCUT2D eigenvalue weighted by Crippen LogP contribution is 2.32. The van der Waals surface area contributed by atoms with E-state index in [0.29, 0.717) is 34.9 Å². The molecule has 3 rings (SSSR count). The van der Waals surface area contributed by atoms with Gasteiger partial charge in [-0.2, -0.15) is 0 Å². The van der Waals surface area contributed by atoms with Crippen molar-refractivity contribution in [2.75, 3.05) is 0 Å². The van der Waals surface area contributed by atoms with E-state index < -0.39 is 19.2 Å². The van der Waals surface area contributed by atoms with Gasteiger partial charge in [-0.3, -0.25) is 9.78 Å². The number of carbonyl (C=O) groups is 1. The largest absolute Gasteiger partial charge is 0.492 e. The fourth-order valence-corrected chi connectivity index (χ4v) is 2.72. The number of aryl methyl sites for hydroxylation is 1. The molecule has 1 aliphatic heterocycles. The Labute approximate surface area is 138 Å². The number of hydrogen-bond acceptors (Lipinski definition) is 7. The molecule has 1 aromatic heterocycles. The first kappa shape index (κ1) is 16.4. The predicted molar refractivity (Wildman–Crippen MR) is 84.9 cm³/mol. The summed E-state index contributed by atoms with van der Waals surface area (Å²) in [5, 5.41) is 19.0. The van der Waals surface area contributed by atoms with E-state index in [0.717, 1.165) is 5.56 Å². The lowest BCUT2D eigenvalue weighted by atomic mass is 9.77. The van der Waals surface area contributed by atoms with Gasteiger partial charge in [-0.1, -0.05) is 0 Å². The summed E-state index contributed by atoms with van der Waals surface area (Å²) in [6.07, 6.45) is 2.10. The van der Waals surface area contributed by atoms with Gasteiger partial charge in [-0.15, -0.1) is 0 Å². The number of carboxylic acids is 1. The fraction of sp³-hybridized carbons (Fsp3) is 0.267. The van der Waals surface area contributed by atoms with Gasteiger partial charge in [0.05, 0.1) is 30.6 Å². The topological polar surface area (TPSA) is 128 Å². The lowest BCUT2D eigenvalue weighted by Gasteiger charge is -2.13. The maximum Gasteiger partial charge on any atom is 0.492 e. The average Bonchev–Trinajstić information content (AvgIpc) is 2.84. The first-order valence-corrected chi connectivity index (χ1v) is 7.36. The van der Waals surface area contributed by atoms with Gasteiger partial charge < -0.3 is 25.3 Å². The van der Waals surface area contributed by atoms with Crippen LogP contribution in [0.25, 0.3) is 0 Å². The fourth-order valence-electron chi connectivity index (χ4n) is 2.72. The van der Waals surface area contributed by atoms with E-state index in [1.54, 1.807) is 12.1 Å². The predicted octanol–water partition coefficient (Wildman–Crippen LogP) is 0.270. The summed E-state index contributed by atoms with van der Waals surface area (Å²) in [5.74, 6) is -0.239. The minimum absolute atomic E-state index is 0.211. The van der Waals surface area contributed by atoms with E-state index in [2.05, 4.69) is 9.97 Å². The Morgan fingerprint density at radius 2 is 2.21 bits per heavy atom. The highest BCUT2D eigenvalue weighted by molar-refractivity contribution is 6.62. The third-order valence-corrected chi connectivity index (χ3v) is 3.75. The molecule has 0 saturated heterocycles. The second kappa shape index (κ2) is 6.56. The van der Waals surface area contributed by atoms with Gasteiger partial charge >= 0.3 is 13.1 Å². The van der Waals surface area contributed by atoms with Crippen molar-refractivity contribution < 1.29 is 24.3 Å². The molecule has 0 radical (unpaired) electrons. The van der Waals surface area contributed by atoms with E-state index >= 15 is 0 Å². The number of carboxylic acid groups (broad SMARTS) is 1. The minimum atomic E-state index is -1.18. The summed E-state index contributed by atoms with van der Waals surface area (Å²) in [4.78, 5) is 19.1. The molecule has 0 fully saturated rings. The molecular weight excluding hydrogens is 313 g/mol. The van der Waals surface area contributed by atoms with Crippen molar-refractivity contribution >= 4 is 18.6 Å². The van der Waals surface area contributed by atoms with Crippen molar-refractivity contribution in [2.45, 2.75) is 26.0 Å². The lowest BCUT2D eigenvalue weighted by molar-refractivity contribution is -0.138. The smallest absolute Gasteiger partial charge is 0.481 e. The van der Waals surface area contributed by atoms with Crippen LogP contribution in [0.1, 0.15) is 29.3 Å². The van der Waals surface area contributed by atoms with Crippen LogP contribution in [-0.2, 0) is 16.0 Å². The molecule has 0 bridgehead atoms. The second-order valence-electron chi connectivity index (χ2n) is 5.47. The molecule has 1 unspecified atom stereocenters. The molecule has 24 heavy (non-hydrogen) atoms. The Balaban J connectivity index is 1.88. The van der Waals surface area contributed by atoms with Gasteiger partial charge in [0.2, 0.25) is 5.88 Å². The van der Waals surface area contributed by atoms with Crippen LogP contribution in [-0.4, -0.2) is 33.2 Å². The minimum Gasteiger partial charge on any atom is -0.481 e. The van der Waals surface area contributed by atoms with Crippen LogP contribution in [0, 0.1) is 6.92 Å². The Kier molecular flexibility index (Phi) is 4.47. The monoisotopic (exact) mass is 329 g/mol. The summed E-state index contributed by atoms with van der Waals surface area (Å²) in [6, 6.07) is 3.36. The summed E-state index contributed by atoms with van der Waals surface area (Å²) in [6.45, 7) is 2.10. The molecule has 9 heteroatoms. The number of rotatable bonds is 5. The average molecular weight is 329 g/mol. The first-order valence-electron chi connectivity index (χ1n) is 7.36. The van der Waals surface area contributed by atoms with Crippen LogP contribution in [0.5, 0.6) is 11.6 Å². The maximum absolute atomic E-state index is 10.9. The van der Waals surface area contributed by atoms with Crippen LogP contribution in [0.15, 0.2) is 24.5 Å². The summed E-state index contributed by atoms with van der Waals surface area (Å²) in [7, 11) is -1.18. The van der Waals surface area contributed by atoms with Crippen LogP contribution in [0.3, 0.4) is 0 Å². The molecule has 4 N–H and O–H groups in total. The third-order valence-electron chi connectivity index (χ3n) is 3.75. The molecule has 8 nitrogen and oxygen atoms in total. The van der Waals surface area contributed by atoms with Crippen LogP contribution < -0.4 is 15.9 Å². The van der Waals surface area contributed by atoms with Crippen molar-refractivity contribution in [3.05, 3.63) is 41.3 Å². The van der Waals surface area contributed by atoms with Gasteiger partial charge in [-0.25, -0.2) is 4.98 Å². The molecule has 0 saturated carbocycles. The quantitative estimate of drug-likeness (QED) is 0.667. The molecule has 1 aromatic carbocycles. The van der Waals surface area contributed by atoms with E-state index in [9.17, 15) is 9.82 Å². The molecule has 1 atom stereocenters.